The van der Waals surface area contributed by atoms with Gasteiger partial charge in [-0.05, 0) is 25.1 Å². The molecule has 2 N–H and O–H groups in total. The minimum atomic E-state index is -0.0646. The maximum absolute atomic E-state index is 11.9. The standard InChI is InChI=1S/C15H24N2O2/c1-11(2)10-19-14-7-5-6-13(8-14)17-15(18)12(3)9-16-4/h5-8,11-12,16H,9-10H2,1-4H3,(H,17,18). The maximum Gasteiger partial charge on any atom is 0.228 e. The predicted molar refractivity (Wildman–Crippen MR) is 78.5 cm³/mol. The number of amides is 1. The van der Waals surface area contributed by atoms with E-state index in [9.17, 15) is 4.79 Å². The van der Waals surface area contributed by atoms with Gasteiger partial charge in [-0.15, -0.1) is 0 Å². The number of benzene rings is 1. The number of hydrogen-bond acceptors (Lipinski definition) is 3. The Hall–Kier alpha value is -1.55. The topological polar surface area (TPSA) is 50.4 Å². The van der Waals surface area contributed by atoms with Crippen molar-refractivity contribution in [3.63, 3.8) is 0 Å². The van der Waals surface area contributed by atoms with E-state index in [1.807, 2.05) is 38.2 Å². The van der Waals surface area contributed by atoms with Crippen molar-refractivity contribution in [2.24, 2.45) is 11.8 Å². The zero-order valence-electron chi connectivity index (χ0n) is 12.2. The van der Waals surface area contributed by atoms with Gasteiger partial charge in [-0.25, -0.2) is 0 Å². The summed E-state index contributed by atoms with van der Waals surface area (Å²) in [5, 5.41) is 5.89. The molecule has 1 rings (SSSR count). The first-order valence-electron chi connectivity index (χ1n) is 6.71. The van der Waals surface area contributed by atoms with Crippen LogP contribution in [0.2, 0.25) is 0 Å². The summed E-state index contributed by atoms with van der Waals surface area (Å²) in [5.41, 5.74) is 0.772. The number of carbonyl (C=O) groups is 1. The van der Waals surface area contributed by atoms with Crippen molar-refractivity contribution in [2.75, 3.05) is 25.5 Å². The fourth-order valence-electron chi connectivity index (χ4n) is 1.59. The average Bonchev–Trinajstić information content (AvgIpc) is 2.37. The first-order valence-corrected chi connectivity index (χ1v) is 6.71. The van der Waals surface area contributed by atoms with Gasteiger partial charge >= 0.3 is 0 Å². The Morgan fingerprint density at radius 3 is 2.68 bits per heavy atom. The second-order valence-corrected chi connectivity index (χ2v) is 5.18. The molecule has 4 heteroatoms. The van der Waals surface area contributed by atoms with Crippen LogP contribution in [0.15, 0.2) is 24.3 Å². The Morgan fingerprint density at radius 2 is 2.05 bits per heavy atom. The summed E-state index contributed by atoms with van der Waals surface area (Å²) in [5.74, 6) is 1.21. The van der Waals surface area contributed by atoms with Gasteiger partial charge in [0.2, 0.25) is 5.91 Å². The van der Waals surface area contributed by atoms with Gasteiger partial charge < -0.3 is 15.4 Å². The molecule has 19 heavy (non-hydrogen) atoms. The number of anilines is 1. The lowest BCUT2D eigenvalue weighted by atomic mass is 10.1. The first-order chi connectivity index (χ1) is 9.02. The van der Waals surface area contributed by atoms with E-state index in [0.29, 0.717) is 19.1 Å². The van der Waals surface area contributed by atoms with Crippen LogP contribution in [-0.2, 0) is 4.79 Å². The van der Waals surface area contributed by atoms with Crippen molar-refractivity contribution in [2.45, 2.75) is 20.8 Å². The third-order valence-electron chi connectivity index (χ3n) is 2.64. The molecule has 0 radical (unpaired) electrons. The van der Waals surface area contributed by atoms with Crippen LogP contribution in [0, 0.1) is 11.8 Å². The highest BCUT2D eigenvalue weighted by Gasteiger charge is 2.12. The van der Waals surface area contributed by atoms with Gasteiger partial charge in [-0.2, -0.15) is 0 Å². The van der Waals surface area contributed by atoms with Gasteiger partial charge in [-0.1, -0.05) is 26.8 Å². The smallest absolute Gasteiger partial charge is 0.228 e. The Labute approximate surface area is 115 Å². The van der Waals surface area contributed by atoms with Crippen LogP contribution in [0.5, 0.6) is 5.75 Å². The van der Waals surface area contributed by atoms with Crippen LogP contribution >= 0.6 is 0 Å². The van der Waals surface area contributed by atoms with Crippen molar-refractivity contribution in [1.29, 1.82) is 0 Å². The van der Waals surface area contributed by atoms with Crippen LogP contribution in [0.1, 0.15) is 20.8 Å². The molecule has 0 bridgehead atoms. The number of carbonyl (C=O) groups excluding carboxylic acids is 1. The number of hydrogen-bond donors (Lipinski definition) is 2. The molecule has 1 unspecified atom stereocenters. The summed E-state index contributed by atoms with van der Waals surface area (Å²) in [7, 11) is 1.84. The van der Waals surface area contributed by atoms with E-state index < -0.39 is 0 Å². The van der Waals surface area contributed by atoms with Crippen molar-refractivity contribution >= 4 is 11.6 Å². The van der Waals surface area contributed by atoms with Gasteiger partial charge in [0.25, 0.3) is 0 Å². The second-order valence-electron chi connectivity index (χ2n) is 5.18. The molecule has 0 aromatic heterocycles. The molecular weight excluding hydrogens is 240 g/mol. The normalized spacial score (nSPS) is 12.3. The van der Waals surface area contributed by atoms with Crippen molar-refractivity contribution in [3.05, 3.63) is 24.3 Å². The summed E-state index contributed by atoms with van der Waals surface area (Å²) < 4.78 is 5.63. The number of ether oxygens (including phenoxy) is 1. The van der Waals surface area contributed by atoms with E-state index in [0.717, 1.165) is 11.4 Å². The Morgan fingerprint density at radius 1 is 1.32 bits per heavy atom. The van der Waals surface area contributed by atoms with Gasteiger partial charge in [0, 0.05) is 24.2 Å². The second kappa shape index (κ2) is 7.79. The largest absolute Gasteiger partial charge is 0.493 e. The third-order valence-corrected chi connectivity index (χ3v) is 2.64. The summed E-state index contributed by atoms with van der Waals surface area (Å²) in [6.07, 6.45) is 0. The predicted octanol–water partition coefficient (Wildman–Crippen LogP) is 2.52. The lowest BCUT2D eigenvalue weighted by Gasteiger charge is -2.13. The lowest BCUT2D eigenvalue weighted by Crippen LogP contribution is -2.28. The molecule has 0 saturated heterocycles. The van der Waals surface area contributed by atoms with E-state index in [-0.39, 0.29) is 11.8 Å². The Kier molecular flexibility index (Phi) is 6.36. The molecule has 0 spiro atoms. The summed E-state index contributed by atoms with van der Waals surface area (Å²) in [6.45, 7) is 7.43. The number of rotatable bonds is 7. The molecule has 4 nitrogen and oxygen atoms in total. The molecule has 0 aliphatic rings. The van der Waals surface area contributed by atoms with Gasteiger partial charge in [0.05, 0.1) is 6.61 Å². The highest BCUT2D eigenvalue weighted by atomic mass is 16.5. The monoisotopic (exact) mass is 264 g/mol. The average molecular weight is 264 g/mol. The molecule has 0 fully saturated rings. The van der Waals surface area contributed by atoms with E-state index >= 15 is 0 Å². The molecule has 1 aromatic carbocycles. The zero-order chi connectivity index (χ0) is 14.3. The van der Waals surface area contributed by atoms with Crippen LogP contribution in [0.3, 0.4) is 0 Å². The third kappa shape index (κ3) is 5.75. The highest BCUT2D eigenvalue weighted by Crippen LogP contribution is 2.18. The summed E-state index contributed by atoms with van der Waals surface area (Å²) in [4.78, 5) is 11.9. The van der Waals surface area contributed by atoms with E-state index in [1.165, 1.54) is 0 Å². The van der Waals surface area contributed by atoms with Crippen LogP contribution in [0.4, 0.5) is 5.69 Å². The Balaban J connectivity index is 2.59. The molecular formula is C15H24N2O2. The molecule has 0 heterocycles. The number of nitrogens with one attached hydrogen (secondary N) is 2. The molecule has 1 aromatic rings. The molecule has 0 saturated carbocycles. The summed E-state index contributed by atoms with van der Waals surface area (Å²) in [6, 6.07) is 7.50. The fraction of sp³-hybridized carbons (Fsp3) is 0.533. The minimum Gasteiger partial charge on any atom is -0.493 e. The van der Waals surface area contributed by atoms with Gasteiger partial charge in [0.1, 0.15) is 5.75 Å². The van der Waals surface area contributed by atoms with Gasteiger partial charge in [-0.3, -0.25) is 4.79 Å². The molecule has 0 aliphatic carbocycles. The van der Waals surface area contributed by atoms with Gasteiger partial charge in [0.15, 0.2) is 0 Å². The molecule has 1 amide bonds. The fourth-order valence-corrected chi connectivity index (χ4v) is 1.59. The van der Waals surface area contributed by atoms with Crippen molar-refractivity contribution in [3.8, 4) is 5.75 Å². The van der Waals surface area contributed by atoms with Crippen LogP contribution in [0.25, 0.3) is 0 Å². The summed E-state index contributed by atoms with van der Waals surface area (Å²) >= 11 is 0. The highest BCUT2D eigenvalue weighted by molar-refractivity contribution is 5.92. The maximum atomic E-state index is 11.9. The SMILES string of the molecule is CNCC(C)C(=O)Nc1cccc(OCC(C)C)c1. The van der Waals surface area contributed by atoms with Crippen LogP contribution < -0.4 is 15.4 Å². The Bertz CT molecular complexity index is 405. The molecule has 1 atom stereocenters. The van der Waals surface area contributed by atoms with E-state index in [4.69, 9.17) is 4.74 Å². The van der Waals surface area contributed by atoms with Crippen LogP contribution in [-0.4, -0.2) is 26.1 Å². The van der Waals surface area contributed by atoms with Crippen molar-refractivity contribution in [1.82, 2.24) is 5.32 Å². The van der Waals surface area contributed by atoms with E-state index in [1.54, 1.807) is 0 Å². The van der Waals surface area contributed by atoms with E-state index in [2.05, 4.69) is 24.5 Å². The minimum absolute atomic E-state index is 0.00959. The molecule has 106 valence electrons. The molecule has 0 aliphatic heterocycles. The lowest BCUT2D eigenvalue weighted by molar-refractivity contribution is -0.119. The van der Waals surface area contributed by atoms with Crippen molar-refractivity contribution < 1.29 is 9.53 Å². The first kappa shape index (κ1) is 15.5. The quantitative estimate of drug-likeness (QED) is 0.795. The zero-order valence-corrected chi connectivity index (χ0v) is 12.2.